The Balaban J connectivity index is 0.00000300. The maximum atomic E-state index is 12.9. The third kappa shape index (κ3) is 5.56. The highest BCUT2D eigenvalue weighted by molar-refractivity contribution is 14.0. The highest BCUT2D eigenvalue weighted by Crippen LogP contribution is 2.25. The first-order valence-corrected chi connectivity index (χ1v) is 9.63. The number of aromatic nitrogens is 1. The smallest absolute Gasteiger partial charge is 0.361 e. The van der Waals surface area contributed by atoms with E-state index in [2.05, 4.69) is 40.4 Å². The number of hydrogen-bond acceptors (Lipinski definition) is 2. The Labute approximate surface area is 186 Å². The van der Waals surface area contributed by atoms with Gasteiger partial charge in [-0.05, 0) is 31.4 Å². The molecule has 5 nitrogen and oxygen atoms in total. The van der Waals surface area contributed by atoms with Crippen molar-refractivity contribution in [2.75, 3.05) is 39.8 Å². The van der Waals surface area contributed by atoms with Crippen LogP contribution >= 0.6 is 24.0 Å². The summed E-state index contributed by atoms with van der Waals surface area (Å²) in [5.41, 5.74) is 3.63. The predicted octanol–water partition coefficient (Wildman–Crippen LogP) is 3.78. The summed E-state index contributed by atoms with van der Waals surface area (Å²) in [6, 6.07) is 4.85. The molecule has 1 fully saturated rings. The Morgan fingerprint density at radius 2 is 1.93 bits per heavy atom. The molecule has 0 bridgehead atoms. The molecule has 9 heteroatoms. The Bertz CT molecular complexity index is 825. The molecular weight excluding hydrogens is 494 g/mol. The minimum Gasteiger partial charge on any atom is -0.361 e. The van der Waals surface area contributed by atoms with Crippen LogP contribution in [0.3, 0.4) is 0 Å². The second-order valence-electron chi connectivity index (χ2n) is 7.28. The number of alkyl halides is 3. The van der Waals surface area contributed by atoms with Crippen molar-refractivity contribution in [3.05, 3.63) is 35.5 Å². The zero-order valence-corrected chi connectivity index (χ0v) is 19.3. The van der Waals surface area contributed by atoms with Gasteiger partial charge >= 0.3 is 6.18 Å². The van der Waals surface area contributed by atoms with E-state index >= 15 is 0 Å². The lowest BCUT2D eigenvalue weighted by atomic mass is 10.1. The average molecular weight is 523 g/mol. The summed E-state index contributed by atoms with van der Waals surface area (Å²) in [5.74, 6) is 0.746. The highest BCUT2D eigenvalue weighted by Gasteiger charge is 2.41. The normalized spacial score (nSPS) is 17.3. The molecule has 1 aromatic carbocycles. The molecular formula is C20H29F3IN5. The predicted molar refractivity (Wildman–Crippen MR) is 122 cm³/mol. The minimum absolute atomic E-state index is 0. The van der Waals surface area contributed by atoms with Crippen molar-refractivity contribution >= 4 is 40.8 Å². The summed E-state index contributed by atoms with van der Waals surface area (Å²) in [6.45, 7) is 5.85. The fourth-order valence-corrected chi connectivity index (χ4v) is 3.74. The monoisotopic (exact) mass is 523 g/mol. The van der Waals surface area contributed by atoms with Crippen LogP contribution in [0.5, 0.6) is 0 Å². The number of halogens is 4. The molecule has 2 aromatic rings. The first kappa shape index (κ1) is 23.8. The molecule has 3 rings (SSSR count). The van der Waals surface area contributed by atoms with Gasteiger partial charge in [0.05, 0.1) is 0 Å². The van der Waals surface area contributed by atoms with Gasteiger partial charge in [0.15, 0.2) is 5.96 Å². The van der Waals surface area contributed by atoms with Gasteiger partial charge in [-0.3, -0.25) is 9.89 Å². The molecule has 0 saturated carbocycles. The third-order valence-corrected chi connectivity index (χ3v) is 5.53. The van der Waals surface area contributed by atoms with Crippen LogP contribution in [0.25, 0.3) is 10.9 Å². The van der Waals surface area contributed by atoms with Crippen molar-refractivity contribution in [2.45, 2.75) is 32.5 Å². The van der Waals surface area contributed by atoms with Crippen LogP contribution in [0.4, 0.5) is 13.2 Å². The molecule has 1 atom stereocenters. The summed E-state index contributed by atoms with van der Waals surface area (Å²) in [7, 11) is 1.71. The Kier molecular flexibility index (Phi) is 8.21. The molecule has 162 valence electrons. The maximum absolute atomic E-state index is 12.9. The number of benzene rings is 1. The van der Waals surface area contributed by atoms with E-state index < -0.39 is 12.2 Å². The van der Waals surface area contributed by atoms with Crippen molar-refractivity contribution < 1.29 is 13.2 Å². The van der Waals surface area contributed by atoms with E-state index in [0.29, 0.717) is 32.7 Å². The van der Waals surface area contributed by atoms with E-state index in [1.54, 1.807) is 7.05 Å². The number of guanidine groups is 1. The number of aromatic amines is 1. The topological polar surface area (TPSA) is 46.7 Å². The zero-order valence-electron chi connectivity index (χ0n) is 17.0. The van der Waals surface area contributed by atoms with Gasteiger partial charge in [0.1, 0.15) is 6.04 Å². The van der Waals surface area contributed by atoms with Crippen LogP contribution in [0.1, 0.15) is 18.1 Å². The minimum atomic E-state index is -4.18. The SMILES string of the molecule is CN=C(NCCc1c[nH]c2c(C)cccc12)N1CCN(C(C)C(F)(F)F)CC1.I. The molecule has 1 aliphatic rings. The number of rotatable bonds is 4. The summed E-state index contributed by atoms with van der Waals surface area (Å²) in [5, 5.41) is 4.58. The Hall–Kier alpha value is -1.49. The second-order valence-corrected chi connectivity index (χ2v) is 7.28. The molecule has 29 heavy (non-hydrogen) atoms. The number of para-hydroxylation sites is 1. The molecule has 1 unspecified atom stereocenters. The van der Waals surface area contributed by atoms with Gasteiger partial charge in [0.2, 0.25) is 0 Å². The van der Waals surface area contributed by atoms with Crippen LogP contribution in [0, 0.1) is 6.92 Å². The number of fused-ring (bicyclic) bond motifs is 1. The number of piperazine rings is 1. The quantitative estimate of drug-likeness (QED) is 0.365. The molecule has 1 aromatic heterocycles. The molecule has 0 amide bonds. The number of H-pyrrole nitrogens is 1. The summed E-state index contributed by atoms with van der Waals surface area (Å²) < 4.78 is 38.7. The van der Waals surface area contributed by atoms with Crippen molar-refractivity contribution in [1.29, 1.82) is 0 Å². The maximum Gasteiger partial charge on any atom is 0.403 e. The van der Waals surface area contributed by atoms with Crippen molar-refractivity contribution in [1.82, 2.24) is 20.1 Å². The molecule has 2 heterocycles. The first-order chi connectivity index (χ1) is 13.3. The largest absolute Gasteiger partial charge is 0.403 e. The third-order valence-electron chi connectivity index (χ3n) is 5.53. The lowest BCUT2D eigenvalue weighted by molar-refractivity contribution is -0.181. The van der Waals surface area contributed by atoms with Crippen LogP contribution < -0.4 is 5.32 Å². The number of aryl methyl sites for hydroxylation is 1. The molecule has 2 N–H and O–H groups in total. The van der Waals surface area contributed by atoms with E-state index in [0.717, 1.165) is 17.9 Å². The Morgan fingerprint density at radius 3 is 2.55 bits per heavy atom. The summed E-state index contributed by atoms with van der Waals surface area (Å²) in [4.78, 5) is 11.2. The van der Waals surface area contributed by atoms with E-state index in [-0.39, 0.29) is 24.0 Å². The van der Waals surface area contributed by atoms with E-state index in [9.17, 15) is 13.2 Å². The summed E-state index contributed by atoms with van der Waals surface area (Å²) >= 11 is 0. The molecule has 0 radical (unpaired) electrons. The van der Waals surface area contributed by atoms with Gasteiger partial charge in [-0.25, -0.2) is 0 Å². The fraction of sp³-hybridized carbons (Fsp3) is 0.550. The summed E-state index contributed by atoms with van der Waals surface area (Å²) in [6.07, 6.45) is -1.30. The number of nitrogens with zero attached hydrogens (tertiary/aromatic N) is 3. The average Bonchev–Trinajstić information content (AvgIpc) is 3.09. The lowest BCUT2D eigenvalue weighted by Gasteiger charge is -2.39. The lowest BCUT2D eigenvalue weighted by Crippen LogP contribution is -2.56. The molecule has 1 saturated heterocycles. The van der Waals surface area contributed by atoms with E-state index in [4.69, 9.17) is 0 Å². The highest BCUT2D eigenvalue weighted by atomic mass is 127. The fourth-order valence-electron chi connectivity index (χ4n) is 3.74. The van der Waals surface area contributed by atoms with Crippen molar-refractivity contribution in [2.24, 2.45) is 4.99 Å². The number of nitrogens with one attached hydrogen (secondary N) is 2. The van der Waals surface area contributed by atoms with Crippen LogP contribution in [-0.2, 0) is 6.42 Å². The molecule has 0 aliphatic carbocycles. The van der Waals surface area contributed by atoms with Gasteiger partial charge < -0.3 is 15.2 Å². The van der Waals surface area contributed by atoms with Gasteiger partial charge in [0.25, 0.3) is 0 Å². The van der Waals surface area contributed by atoms with Gasteiger partial charge in [-0.2, -0.15) is 13.2 Å². The second kappa shape index (κ2) is 10.0. The molecule has 0 spiro atoms. The van der Waals surface area contributed by atoms with Gasteiger partial charge in [-0.15, -0.1) is 24.0 Å². The standard InChI is InChI=1S/C20H28F3N5.HI/c1-14-5-4-6-17-16(13-26-18(14)17)7-8-25-19(24-3)28-11-9-27(10-12-28)15(2)20(21,22)23;/h4-6,13,15,26H,7-12H2,1-3H3,(H,24,25);1H. The van der Waals surface area contributed by atoms with Crippen LogP contribution in [0.15, 0.2) is 29.4 Å². The van der Waals surface area contributed by atoms with Gasteiger partial charge in [-0.1, -0.05) is 18.2 Å². The van der Waals surface area contributed by atoms with Crippen molar-refractivity contribution in [3.8, 4) is 0 Å². The Morgan fingerprint density at radius 1 is 1.24 bits per heavy atom. The zero-order chi connectivity index (χ0) is 20.3. The number of hydrogen-bond donors (Lipinski definition) is 2. The van der Waals surface area contributed by atoms with Crippen LogP contribution in [0.2, 0.25) is 0 Å². The van der Waals surface area contributed by atoms with Crippen molar-refractivity contribution in [3.63, 3.8) is 0 Å². The first-order valence-electron chi connectivity index (χ1n) is 9.63. The van der Waals surface area contributed by atoms with E-state index in [1.165, 1.54) is 28.3 Å². The molecule has 1 aliphatic heterocycles. The number of aliphatic imine (C=N–C) groups is 1. The van der Waals surface area contributed by atoms with Gasteiger partial charge in [0, 0.05) is 56.9 Å². The van der Waals surface area contributed by atoms with E-state index in [1.807, 2.05) is 11.1 Å². The van der Waals surface area contributed by atoms with Crippen LogP contribution in [-0.4, -0.2) is 72.7 Å².